The highest BCUT2D eigenvalue weighted by Crippen LogP contribution is 2.28. The molecule has 0 N–H and O–H groups in total. The fraction of sp³-hybridized carbons (Fsp3) is 0.273. The molecule has 1 aromatic rings. The van der Waals surface area contributed by atoms with Crippen molar-refractivity contribution in [2.75, 3.05) is 5.33 Å². The lowest BCUT2D eigenvalue weighted by atomic mass is 9.93. The quantitative estimate of drug-likeness (QED) is 0.350. The molecular weight excluding hydrogens is 327 g/mol. The molecule has 3 nitrogen and oxygen atoms in total. The van der Waals surface area contributed by atoms with E-state index in [0.717, 1.165) is 11.8 Å². The third-order valence-corrected chi connectivity index (χ3v) is 3.47. The second-order valence-corrected chi connectivity index (χ2v) is 4.96. The van der Waals surface area contributed by atoms with Crippen molar-refractivity contribution in [3.05, 3.63) is 39.3 Å². The Bertz CT molecular complexity index is 473. The third-order valence-electron chi connectivity index (χ3n) is 2.27. The lowest BCUT2D eigenvalue weighted by Crippen LogP contribution is -2.14. The maximum atomic E-state index is 11.7. The Balaban J connectivity index is 3.08. The van der Waals surface area contributed by atoms with Crippen molar-refractivity contribution in [1.29, 1.82) is 0 Å². The molecule has 0 radical (unpaired) electrons. The third kappa shape index (κ3) is 3.93. The van der Waals surface area contributed by atoms with Gasteiger partial charge in [-0.15, -0.1) is 0 Å². The number of hydrogen-bond donors (Lipinski definition) is 0. The Kier molecular flexibility index (Phi) is 5.86. The smallest absolute Gasteiger partial charge is 0.323 e. The molecule has 1 aromatic carbocycles. The van der Waals surface area contributed by atoms with Crippen molar-refractivity contribution < 1.29 is 9.58 Å². The van der Waals surface area contributed by atoms with Crippen molar-refractivity contribution in [3.63, 3.8) is 0 Å². The predicted molar refractivity (Wildman–Crippen MR) is 72.3 cm³/mol. The molecule has 0 aliphatic carbocycles. The molecule has 0 spiro atoms. The Morgan fingerprint density at radius 3 is 2.71 bits per heavy atom. The zero-order valence-corrected chi connectivity index (χ0v) is 11.8. The first-order valence-corrected chi connectivity index (χ1v) is 6.70. The van der Waals surface area contributed by atoms with Crippen molar-refractivity contribution >= 4 is 51.1 Å². The molecule has 90 valence electrons. The molecule has 0 aliphatic heterocycles. The normalized spacial score (nSPS) is 11.7. The minimum Gasteiger partial charge on any atom is -0.361 e. The van der Waals surface area contributed by atoms with Gasteiger partial charge in [0, 0.05) is 5.33 Å². The summed E-state index contributed by atoms with van der Waals surface area (Å²) in [6.07, 6.45) is 1.48. The number of carbonyl (C=O) groups excluding carboxylic acids is 1. The average molecular weight is 336 g/mol. The number of nitrogens with zero attached hydrogens (tertiary/aromatic N) is 2. The molecule has 6 heteroatoms. The summed E-state index contributed by atoms with van der Waals surface area (Å²) in [5, 5.41) is 1.50. The van der Waals surface area contributed by atoms with Crippen LogP contribution >= 0.6 is 39.1 Å². The van der Waals surface area contributed by atoms with Gasteiger partial charge >= 0.3 is 6.21 Å². The second-order valence-electron chi connectivity index (χ2n) is 3.35. The molecule has 1 unspecified atom stereocenters. The SMILES string of the molecule is [N-]=[N+]=CC(=O)C(CCBr)c1ccc(Cl)c(Cl)c1. The fourth-order valence-electron chi connectivity index (χ4n) is 1.46. The van der Waals surface area contributed by atoms with Crippen LogP contribution in [0.5, 0.6) is 0 Å². The first kappa shape index (κ1) is 14.4. The largest absolute Gasteiger partial charge is 0.361 e. The summed E-state index contributed by atoms with van der Waals surface area (Å²) in [6.45, 7) is 0. The number of halogens is 3. The summed E-state index contributed by atoms with van der Waals surface area (Å²) in [5.41, 5.74) is 9.14. The molecule has 0 bridgehead atoms. The molecule has 0 saturated carbocycles. The van der Waals surface area contributed by atoms with E-state index in [4.69, 9.17) is 28.7 Å². The standard InChI is InChI=1S/C11H9BrCl2N2O/c12-4-3-8(11(17)6-16-15)7-1-2-9(13)10(14)5-7/h1-2,5-6,8H,3-4H2. The van der Waals surface area contributed by atoms with Gasteiger partial charge in [0.1, 0.15) is 0 Å². The molecule has 1 atom stereocenters. The summed E-state index contributed by atoms with van der Waals surface area (Å²) >= 11 is 15.0. The van der Waals surface area contributed by atoms with E-state index in [1.807, 2.05) is 0 Å². The molecule has 1 rings (SSSR count). The minimum atomic E-state index is -0.389. The highest BCUT2D eigenvalue weighted by molar-refractivity contribution is 9.09. The van der Waals surface area contributed by atoms with E-state index in [9.17, 15) is 4.79 Å². The van der Waals surface area contributed by atoms with Crippen LogP contribution in [0.4, 0.5) is 0 Å². The monoisotopic (exact) mass is 334 g/mol. The van der Waals surface area contributed by atoms with Gasteiger partial charge in [-0.1, -0.05) is 45.2 Å². The van der Waals surface area contributed by atoms with Gasteiger partial charge < -0.3 is 5.53 Å². The van der Waals surface area contributed by atoms with E-state index in [0.29, 0.717) is 21.8 Å². The van der Waals surface area contributed by atoms with Crippen molar-refractivity contribution in [1.82, 2.24) is 0 Å². The number of ketones is 1. The van der Waals surface area contributed by atoms with Gasteiger partial charge in [0.25, 0.3) is 0 Å². The van der Waals surface area contributed by atoms with Gasteiger partial charge in [-0.2, -0.15) is 4.79 Å². The van der Waals surface area contributed by atoms with E-state index in [1.165, 1.54) is 0 Å². The lowest BCUT2D eigenvalue weighted by molar-refractivity contribution is -0.117. The van der Waals surface area contributed by atoms with Gasteiger partial charge in [-0.3, -0.25) is 4.79 Å². The minimum absolute atomic E-state index is 0.273. The molecule has 0 saturated heterocycles. The summed E-state index contributed by atoms with van der Waals surface area (Å²) in [7, 11) is 0. The zero-order valence-electron chi connectivity index (χ0n) is 8.74. The van der Waals surface area contributed by atoms with Crippen LogP contribution in [0.25, 0.3) is 5.53 Å². The number of hydrogen-bond acceptors (Lipinski definition) is 1. The predicted octanol–water partition coefficient (Wildman–Crippen LogP) is 3.73. The van der Waals surface area contributed by atoms with E-state index in [1.54, 1.807) is 18.2 Å². The second kappa shape index (κ2) is 6.92. The van der Waals surface area contributed by atoms with Gasteiger partial charge in [0.05, 0.1) is 16.0 Å². The van der Waals surface area contributed by atoms with Gasteiger partial charge in [-0.05, 0) is 24.1 Å². The van der Waals surface area contributed by atoms with Gasteiger partial charge in [0.15, 0.2) is 0 Å². The number of Topliss-reactive ketones (excluding diaryl/α,β-unsaturated/α-hetero) is 1. The first-order valence-electron chi connectivity index (χ1n) is 4.82. The Hall–Kier alpha value is -0.670. The van der Waals surface area contributed by atoms with Gasteiger partial charge in [0.2, 0.25) is 5.78 Å². The lowest BCUT2D eigenvalue weighted by Gasteiger charge is -2.11. The van der Waals surface area contributed by atoms with Crippen LogP contribution in [0.3, 0.4) is 0 Å². The van der Waals surface area contributed by atoms with Crippen molar-refractivity contribution in [2.24, 2.45) is 0 Å². The maximum Gasteiger partial charge on any atom is 0.323 e. The summed E-state index contributed by atoms with van der Waals surface area (Å²) in [6, 6.07) is 5.04. The Labute approximate surface area is 117 Å². The average Bonchev–Trinajstić information content (AvgIpc) is 2.30. The molecule has 0 aromatic heterocycles. The van der Waals surface area contributed by atoms with E-state index in [-0.39, 0.29) is 11.7 Å². The van der Waals surface area contributed by atoms with Crippen LogP contribution in [0.15, 0.2) is 18.2 Å². The molecule has 0 heterocycles. The maximum absolute atomic E-state index is 11.7. The van der Waals surface area contributed by atoms with Gasteiger partial charge in [-0.25, -0.2) is 0 Å². The van der Waals surface area contributed by atoms with Crippen LogP contribution in [-0.4, -0.2) is 22.1 Å². The van der Waals surface area contributed by atoms with E-state index in [2.05, 4.69) is 20.7 Å². The summed E-state index contributed by atoms with van der Waals surface area (Å²) in [5.74, 6) is -0.662. The van der Waals surface area contributed by atoms with Crippen LogP contribution in [0.2, 0.25) is 10.0 Å². The van der Waals surface area contributed by atoms with Crippen LogP contribution in [-0.2, 0) is 4.79 Å². The summed E-state index contributed by atoms with van der Waals surface area (Å²) < 4.78 is 0. The van der Waals surface area contributed by atoms with Crippen molar-refractivity contribution in [3.8, 4) is 0 Å². The highest BCUT2D eigenvalue weighted by Gasteiger charge is 2.22. The van der Waals surface area contributed by atoms with E-state index >= 15 is 0 Å². The highest BCUT2D eigenvalue weighted by atomic mass is 79.9. The summed E-state index contributed by atoms with van der Waals surface area (Å²) in [4.78, 5) is 14.5. The topological polar surface area (TPSA) is 53.5 Å². The Morgan fingerprint density at radius 1 is 1.47 bits per heavy atom. The molecule has 17 heavy (non-hydrogen) atoms. The van der Waals surface area contributed by atoms with Crippen LogP contribution < -0.4 is 0 Å². The van der Waals surface area contributed by atoms with Crippen LogP contribution in [0, 0.1) is 0 Å². The van der Waals surface area contributed by atoms with Crippen LogP contribution in [0.1, 0.15) is 17.9 Å². The molecular formula is C11H9BrCl2N2O. The molecule has 0 fully saturated rings. The number of carbonyl (C=O) groups is 1. The Morgan fingerprint density at radius 2 is 2.18 bits per heavy atom. The first-order chi connectivity index (χ1) is 8.10. The molecule has 0 aliphatic rings. The number of rotatable bonds is 5. The fourth-order valence-corrected chi connectivity index (χ4v) is 2.22. The zero-order chi connectivity index (χ0) is 12.8. The molecule has 0 amide bonds. The van der Waals surface area contributed by atoms with E-state index < -0.39 is 0 Å². The number of alkyl halides is 1. The van der Waals surface area contributed by atoms with Crippen molar-refractivity contribution in [2.45, 2.75) is 12.3 Å². The number of benzene rings is 1.